The van der Waals surface area contributed by atoms with Crippen LogP contribution < -0.4 is 0 Å². The number of carbonyl (C=O) groups is 1. The van der Waals surface area contributed by atoms with E-state index in [0.717, 1.165) is 42.6 Å². The average molecular weight is 357 g/mol. The Kier molecular flexibility index (Phi) is 5.77. The lowest BCUT2D eigenvalue weighted by molar-refractivity contribution is 0.0990. The van der Waals surface area contributed by atoms with Crippen molar-refractivity contribution in [3.8, 4) is 0 Å². The Morgan fingerprint density at radius 2 is 1.76 bits per heavy atom. The van der Waals surface area contributed by atoms with Crippen molar-refractivity contribution in [2.75, 3.05) is 25.5 Å². The van der Waals surface area contributed by atoms with Crippen molar-refractivity contribution in [2.45, 2.75) is 26.8 Å². The fraction of sp³-hybridized carbons (Fsp3) is 0.381. The van der Waals surface area contributed by atoms with Gasteiger partial charge in [-0.05, 0) is 25.2 Å². The zero-order valence-corrected chi connectivity index (χ0v) is 15.7. The molecular weight excluding hydrogens is 332 g/mol. The quantitative estimate of drug-likeness (QED) is 0.421. The molecule has 3 nitrogen and oxygen atoms in total. The third-order valence-electron chi connectivity index (χ3n) is 4.95. The van der Waals surface area contributed by atoms with Crippen LogP contribution in [0.5, 0.6) is 0 Å². The molecule has 3 rings (SSSR count). The number of rotatable bonds is 8. The molecule has 3 aromatic rings. The van der Waals surface area contributed by atoms with E-state index in [2.05, 4.69) is 53.6 Å². The summed E-state index contributed by atoms with van der Waals surface area (Å²) in [6, 6.07) is 14.4. The van der Waals surface area contributed by atoms with E-state index >= 15 is 0 Å². The van der Waals surface area contributed by atoms with E-state index in [1.165, 1.54) is 10.9 Å². The summed E-state index contributed by atoms with van der Waals surface area (Å²) in [6.45, 7) is 8.28. The number of para-hydroxylation sites is 2. The second-order valence-electron chi connectivity index (χ2n) is 6.26. The van der Waals surface area contributed by atoms with Gasteiger partial charge in [0.05, 0.1) is 5.52 Å². The van der Waals surface area contributed by atoms with Gasteiger partial charge in [-0.15, -0.1) is 11.6 Å². The van der Waals surface area contributed by atoms with Gasteiger partial charge in [-0.1, -0.05) is 44.2 Å². The molecule has 132 valence electrons. The molecule has 0 spiro atoms. The van der Waals surface area contributed by atoms with Crippen LogP contribution >= 0.6 is 11.6 Å². The molecule has 0 saturated heterocycles. The number of carbonyl (C=O) groups excluding carboxylic acids is 1. The monoisotopic (exact) mass is 356 g/mol. The predicted octanol–water partition coefficient (Wildman–Crippen LogP) is 4.95. The second-order valence-corrected chi connectivity index (χ2v) is 6.64. The Balaban J connectivity index is 2.18. The highest BCUT2D eigenvalue weighted by Crippen LogP contribution is 2.31. The first-order valence-electron chi connectivity index (χ1n) is 9.02. The summed E-state index contributed by atoms with van der Waals surface area (Å²) < 4.78 is 2.31. The van der Waals surface area contributed by atoms with Gasteiger partial charge in [0.25, 0.3) is 0 Å². The van der Waals surface area contributed by atoms with E-state index in [1.54, 1.807) is 0 Å². The molecule has 25 heavy (non-hydrogen) atoms. The molecule has 0 N–H and O–H groups in total. The van der Waals surface area contributed by atoms with E-state index in [4.69, 9.17) is 11.6 Å². The Hall–Kier alpha value is -1.84. The lowest BCUT2D eigenvalue weighted by Crippen LogP contribution is -2.27. The number of likely N-dealkylation sites (N-methyl/N-ethyl adjacent to an activating group) is 1. The molecule has 0 amide bonds. The van der Waals surface area contributed by atoms with Crippen molar-refractivity contribution in [2.24, 2.45) is 0 Å². The van der Waals surface area contributed by atoms with E-state index in [-0.39, 0.29) is 5.78 Å². The molecule has 0 aliphatic carbocycles. The van der Waals surface area contributed by atoms with Crippen molar-refractivity contribution in [3.63, 3.8) is 0 Å². The van der Waals surface area contributed by atoms with Crippen LogP contribution in [0.2, 0.25) is 0 Å². The van der Waals surface area contributed by atoms with Gasteiger partial charge in [-0.25, -0.2) is 0 Å². The molecule has 0 atom stereocenters. The summed E-state index contributed by atoms with van der Waals surface area (Å²) in [7, 11) is 0. The zero-order valence-electron chi connectivity index (χ0n) is 15.0. The highest BCUT2D eigenvalue weighted by atomic mass is 35.5. The van der Waals surface area contributed by atoms with Gasteiger partial charge in [0, 0.05) is 47.2 Å². The first-order valence-corrected chi connectivity index (χ1v) is 9.56. The summed E-state index contributed by atoms with van der Waals surface area (Å²) >= 11 is 5.82. The van der Waals surface area contributed by atoms with Gasteiger partial charge >= 0.3 is 0 Å². The van der Waals surface area contributed by atoms with Crippen LogP contribution in [0.15, 0.2) is 42.5 Å². The van der Waals surface area contributed by atoms with Gasteiger partial charge in [0.15, 0.2) is 5.78 Å². The van der Waals surface area contributed by atoms with Crippen molar-refractivity contribution >= 4 is 39.2 Å². The fourth-order valence-corrected chi connectivity index (χ4v) is 3.74. The average Bonchev–Trinajstić information content (AvgIpc) is 2.97. The third kappa shape index (κ3) is 3.44. The standard InChI is InChI=1S/C21H25ClN2O/c1-3-23(4-2)14-15-24-19-11-6-5-8-16(19)17-9-7-10-18(21(17)24)20(25)12-13-22/h5-11H,3-4,12-15H2,1-2H3. The molecule has 0 unspecified atom stereocenters. The molecule has 2 aromatic carbocycles. The number of hydrogen-bond acceptors (Lipinski definition) is 2. The van der Waals surface area contributed by atoms with Crippen LogP contribution in [0.25, 0.3) is 21.8 Å². The van der Waals surface area contributed by atoms with Crippen molar-refractivity contribution in [1.29, 1.82) is 0 Å². The predicted molar refractivity (Wildman–Crippen MR) is 107 cm³/mol. The molecular formula is C21H25ClN2O. The van der Waals surface area contributed by atoms with E-state index in [9.17, 15) is 4.79 Å². The SMILES string of the molecule is CCN(CC)CCn1c2ccccc2c2cccc(C(=O)CCCl)c21. The first-order chi connectivity index (χ1) is 12.2. The molecule has 0 radical (unpaired) electrons. The van der Waals surface area contributed by atoms with Gasteiger partial charge in [-0.2, -0.15) is 0 Å². The van der Waals surface area contributed by atoms with E-state index < -0.39 is 0 Å². The molecule has 0 saturated carbocycles. The van der Waals surface area contributed by atoms with Crippen LogP contribution in [0.3, 0.4) is 0 Å². The first kappa shape index (κ1) is 18.0. The van der Waals surface area contributed by atoms with E-state index in [1.807, 2.05) is 12.1 Å². The van der Waals surface area contributed by atoms with Crippen molar-refractivity contribution < 1.29 is 4.79 Å². The number of fused-ring (bicyclic) bond motifs is 3. The lowest BCUT2D eigenvalue weighted by atomic mass is 10.0. The van der Waals surface area contributed by atoms with Gasteiger partial charge in [0.1, 0.15) is 0 Å². The summed E-state index contributed by atoms with van der Waals surface area (Å²) in [6.07, 6.45) is 0.373. The van der Waals surface area contributed by atoms with Crippen LogP contribution in [-0.4, -0.2) is 40.8 Å². The lowest BCUT2D eigenvalue weighted by Gasteiger charge is -2.19. The topological polar surface area (TPSA) is 25.2 Å². The largest absolute Gasteiger partial charge is 0.339 e. The van der Waals surface area contributed by atoms with Crippen molar-refractivity contribution in [1.82, 2.24) is 9.47 Å². The summed E-state index contributed by atoms with van der Waals surface area (Å²) in [5, 5.41) is 2.35. The Morgan fingerprint density at radius 3 is 2.48 bits per heavy atom. The minimum absolute atomic E-state index is 0.118. The Morgan fingerprint density at radius 1 is 1.04 bits per heavy atom. The number of alkyl halides is 1. The Bertz CT molecular complexity index is 880. The maximum absolute atomic E-state index is 12.6. The number of Topliss-reactive ketones (excluding diaryl/α,β-unsaturated/α-hetero) is 1. The van der Waals surface area contributed by atoms with Crippen LogP contribution in [-0.2, 0) is 6.54 Å². The summed E-state index contributed by atoms with van der Waals surface area (Å²) in [4.78, 5) is 15.0. The van der Waals surface area contributed by atoms with Crippen LogP contribution in [0.4, 0.5) is 0 Å². The van der Waals surface area contributed by atoms with E-state index in [0.29, 0.717) is 12.3 Å². The molecule has 1 aromatic heterocycles. The number of halogens is 1. The Labute approximate surface area is 154 Å². The molecule has 0 aliphatic heterocycles. The maximum Gasteiger partial charge on any atom is 0.166 e. The molecule has 1 heterocycles. The molecule has 0 fully saturated rings. The molecule has 0 bridgehead atoms. The van der Waals surface area contributed by atoms with Gasteiger partial charge < -0.3 is 9.47 Å². The smallest absolute Gasteiger partial charge is 0.166 e. The zero-order chi connectivity index (χ0) is 17.8. The van der Waals surface area contributed by atoms with Crippen LogP contribution in [0.1, 0.15) is 30.6 Å². The minimum atomic E-state index is 0.118. The summed E-state index contributed by atoms with van der Waals surface area (Å²) in [5.74, 6) is 0.474. The minimum Gasteiger partial charge on any atom is -0.339 e. The van der Waals surface area contributed by atoms with Crippen molar-refractivity contribution in [3.05, 3.63) is 48.0 Å². The molecule has 0 aliphatic rings. The summed E-state index contributed by atoms with van der Waals surface area (Å²) in [5.41, 5.74) is 3.02. The highest BCUT2D eigenvalue weighted by molar-refractivity contribution is 6.21. The number of hydrogen-bond donors (Lipinski definition) is 0. The second kappa shape index (κ2) is 8.03. The highest BCUT2D eigenvalue weighted by Gasteiger charge is 2.17. The number of benzene rings is 2. The number of ketones is 1. The number of nitrogens with zero attached hydrogens (tertiary/aromatic N) is 2. The third-order valence-corrected chi connectivity index (χ3v) is 5.14. The van der Waals surface area contributed by atoms with Crippen LogP contribution in [0, 0.1) is 0 Å². The van der Waals surface area contributed by atoms with Gasteiger partial charge in [-0.3, -0.25) is 4.79 Å². The fourth-order valence-electron chi connectivity index (χ4n) is 3.57. The van der Waals surface area contributed by atoms with Gasteiger partial charge in [0.2, 0.25) is 0 Å². The number of aromatic nitrogens is 1. The maximum atomic E-state index is 12.6. The normalized spacial score (nSPS) is 11.7. The molecule has 4 heteroatoms.